The summed E-state index contributed by atoms with van der Waals surface area (Å²) in [6.07, 6.45) is 5.18. The molecular formula is C21H23FN2O2. The minimum atomic E-state index is -0.802. The Bertz CT molecular complexity index is 786. The van der Waals surface area contributed by atoms with E-state index in [4.69, 9.17) is 5.73 Å². The van der Waals surface area contributed by atoms with Crippen LogP contribution in [0.15, 0.2) is 48.5 Å². The molecule has 0 unspecified atom stereocenters. The monoisotopic (exact) mass is 354 g/mol. The molecule has 136 valence electrons. The third-order valence-corrected chi connectivity index (χ3v) is 5.01. The molecule has 2 aromatic rings. The van der Waals surface area contributed by atoms with E-state index in [-0.39, 0.29) is 28.7 Å². The Labute approximate surface area is 152 Å². The molecule has 0 saturated heterocycles. The van der Waals surface area contributed by atoms with E-state index in [1.165, 1.54) is 12.5 Å². The Hall–Kier alpha value is -2.69. The average molecular weight is 354 g/mol. The summed E-state index contributed by atoms with van der Waals surface area (Å²) in [5.41, 5.74) is 7.10. The van der Waals surface area contributed by atoms with Crippen LogP contribution in [0.1, 0.15) is 69.9 Å². The second-order valence-electron chi connectivity index (χ2n) is 6.78. The molecular weight excluding hydrogens is 331 g/mol. The quantitative estimate of drug-likeness (QED) is 0.811. The summed E-state index contributed by atoms with van der Waals surface area (Å²) in [6.45, 7) is -0.170. The molecule has 0 aliphatic heterocycles. The zero-order valence-corrected chi connectivity index (χ0v) is 14.7. The van der Waals surface area contributed by atoms with Gasteiger partial charge in [0.25, 0.3) is 5.91 Å². The van der Waals surface area contributed by atoms with Gasteiger partial charge in [-0.2, -0.15) is 5.12 Å². The van der Waals surface area contributed by atoms with Gasteiger partial charge in [-0.15, -0.1) is 0 Å². The number of hydrogen-bond acceptors (Lipinski definition) is 2. The molecule has 0 bridgehead atoms. The van der Waals surface area contributed by atoms with E-state index in [0.29, 0.717) is 5.56 Å². The average Bonchev–Trinajstić information content (AvgIpc) is 2.68. The van der Waals surface area contributed by atoms with Gasteiger partial charge in [-0.05, 0) is 36.0 Å². The number of benzene rings is 2. The van der Waals surface area contributed by atoms with E-state index in [2.05, 4.69) is 0 Å². The van der Waals surface area contributed by atoms with Gasteiger partial charge >= 0.3 is 0 Å². The van der Waals surface area contributed by atoms with E-state index in [1.54, 1.807) is 30.3 Å². The zero-order chi connectivity index (χ0) is 18.5. The molecule has 26 heavy (non-hydrogen) atoms. The molecule has 1 aliphatic rings. The van der Waals surface area contributed by atoms with E-state index in [1.807, 2.05) is 12.1 Å². The van der Waals surface area contributed by atoms with E-state index < -0.39 is 11.8 Å². The highest BCUT2D eigenvalue weighted by atomic mass is 19.2. The van der Waals surface area contributed by atoms with Gasteiger partial charge in [0.05, 0.1) is 17.7 Å². The van der Waals surface area contributed by atoms with Crippen molar-refractivity contribution in [3.05, 3.63) is 70.8 Å². The number of carbonyl (C=O) groups is 2. The minimum Gasteiger partial charge on any atom is -0.366 e. The van der Waals surface area contributed by atoms with E-state index in [0.717, 1.165) is 31.2 Å². The lowest BCUT2D eigenvalue weighted by Crippen LogP contribution is -2.28. The van der Waals surface area contributed by atoms with Crippen molar-refractivity contribution in [3.63, 3.8) is 0 Å². The summed E-state index contributed by atoms with van der Waals surface area (Å²) in [7, 11) is 0. The Morgan fingerprint density at radius 3 is 2.35 bits per heavy atom. The Morgan fingerprint density at radius 1 is 1.00 bits per heavy atom. The van der Waals surface area contributed by atoms with Crippen molar-refractivity contribution >= 4 is 11.8 Å². The predicted octanol–water partition coefficient (Wildman–Crippen LogP) is 4.36. The number of carbonyl (C=O) groups excluding carboxylic acids is 2. The molecule has 3 rings (SSSR count). The SMILES string of the molecule is NC(=O)c1cccc(C2CCCCC2)c1C(=O)N(F)Cc1ccccc1. The first-order valence-corrected chi connectivity index (χ1v) is 9.02. The van der Waals surface area contributed by atoms with E-state index in [9.17, 15) is 14.1 Å². The van der Waals surface area contributed by atoms with Crippen LogP contribution in [0.25, 0.3) is 0 Å². The van der Waals surface area contributed by atoms with Gasteiger partial charge in [-0.25, -0.2) is 0 Å². The third-order valence-electron chi connectivity index (χ3n) is 5.01. The minimum absolute atomic E-state index is 0.0915. The highest BCUT2D eigenvalue weighted by molar-refractivity contribution is 6.07. The van der Waals surface area contributed by atoms with Crippen LogP contribution in [0.5, 0.6) is 0 Å². The summed E-state index contributed by atoms with van der Waals surface area (Å²) in [5, 5.41) is 0.170. The van der Waals surface area contributed by atoms with Crippen LogP contribution in [0, 0.1) is 0 Å². The fourth-order valence-corrected chi connectivity index (χ4v) is 3.70. The molecule has 5 heteroatoms. The standard InChI is InChI=1S/C21H23FN2O2/c22-24(14-15-8-3-1-4-9-15)21(26)19-17(16-10-5-2-6-11-16)12-7-13-18(19)20(23)25/h1,3-4,7-9,12-13,16H,2,5-6,10-11,14H2,(H2,23,25). The van der Waals surface area contributed by atoms with Gasteiger partial charge in [-0.3, -0.25) is 9.59 Å². The maximum atomic E-state index is 14.7. The summed E-state index contributed by atoms with van der Waals surface area (Å²) in [4.78, 5) is 24.8. The van der Waals surface area contributed by atoms with Crippen molar-refractivity contribution in [1.82, 2.24) is 5.12 Å². The first kappa shape index (κ1) is 18.1. The van der Waals surface area contributed by atoms with Crippen molar-refractivity contribution in [2.45, 2.75) is 44.6 Å². The van der Waals surface area contributed by atoms with Crippen molar-refractivity contribution in [1.29, 1.82) is 0 Å². The number of nitrogens with two attached hydrogens (primary N) is 1. The Kier molecular flexibility index (Phi) is 5.66. The summed E-state index contributed by atoms with van der Waals surface area (Å²) < 4.78 is 14.7. The van der Waals surface area contributed by atoms with Crippen molar-refractivity contribution in [3.8, 4) is 0 Å². The zero-order valence-electron chi connectivity index (χ0n) is 14.7. The van der Waals surface area contributed by atoms with E-state index >= 15 is 0 Å². The van der Waals surface area contributed by atoms with Gasteiger partial charge in [0, 0.05) is 0 Å². The number of primary amides is 1. The number of amides is 2. The molecule has 2 N–H and O–H groups in total. The van der Waals surface area contributed by atoms with Crippen LogP contribution in [0.4, 0.5) is 4.48 Å². The Morgan fingerprint density at radius 2 is 1.69 bits per heavy atom. The van der Waals surface area contributed by atoms with Gasteiger partial charge in [0.1, 0.15) is 0 Å². The molecule has 2 aromatic carbocycles. The van der Waals surface area contributed by atoms with Crippen LogP contribution < -0.4 is 5.73 Å². The van der Waals surface area contributed by atoms with Gasteiger partial charge < -0.3 is 5.73 Å². The second-order valence-corrected chi connectivity index (χ2v) is 6.78. The predicted molar refractivity (Wildman–Crippen MR) is 98.2 cm³/mol. The third kappa shape index (κ3) is 3.93. The molecule has 1 fully saturated rings. The highest BCUT2D eigenvalue weighted by Gasteiger charge is 2.28. The first-order chi connectivity index (χ1) is 12.6. The normalized spacial score (nSPS) is 14.8. The van der Waals surface area contributed by atoms with Crippen LogP contribution in [-0.4, -0.2) is 16.9 Å². The van der Waals surface area contributed by atoms with Crippen molar-refractivity contribution in [2.75, 3.05) is 0 Å². The number of nitrogens with zero attached hydrogens (tertiary/aromatic N) is 1. The molecule has 0 heterocycles. The molecule has 2 amide bonds. The molecule has 1 saturated carbocycles. The largest absolute Gasteiger partial charge is 0.366 e. The fraction of sp³-hybridized carbons (Fsp3) is 0.333. The maximum absolute atomic E-state index is 14.7. The molecule has 0 spiro atoms. The summed E-state index contributed by atoms with van der Waals surface area (Å²) >= 11 is 0. The number of halogens is 1. The first-order valence-electron chi connectivity index (χ1n) is 9.02. The van der Waals surface area contributed by atoms with Crippen molar-refractivity contribution < 1.29 is 14.1 Å². The lowest BCUT2D eigenvalue weighted by molar-refractivity contribution is 0.0145. The number of hydrogen-bond donors (Lipinski definition) is 1. The van der Waals surface area contributed by atoms with Crippen LogP contribution in [-0.2, 0) is 6.54 Å². The van der Waals surface area contributed by atoms with Gasteiger partial charge in [0.15, 0.2) is 0 Å². The second kappa shape index (κ2) is 8.13. The molecule has 4 nitrogen and oxygen atoms in total. The molecule has 0 atom stereocenters. The fourth-order valence-electron chi connectivity index (χ4n) is 3.70. The van der Waals surface area contributed by atoms with Crippen LogP contribution in [0.3, 0.4) is 0 Å². The highest BCUT2D eigenvalue weighted by Crippen LogP contribution is 2.36. The topological polar surface area (TPSA) is 63.4 Å². The van der Waals surface area contributed by atoms with Crippen LogP contribution in [0.2, 0.25) is 0 Å². The number of rotatable bonds is 5. The molecule has 0 aromatic heterocycles. The molecule has 0 radical (unpaired) electrons. The lowest BCUT2D eigenvalue weighted by atomic mass is 9.80. The summed E-state index contributed by atoms with van der Waals surface area (Å²) in [6, 6.07) is 14.0. The summed E-state index contributed by atoms with van der Waals surface area (Å²) in [5.74, 6) is -1.35. The molecule has 1 aliphatic carbocycles. The maximum Gasteiger partial charge on any atom is 0.282 e. The van der Waals surface area contributed by atoms with Gasteiger partial charge in [-0.1, -0.05) is 66.2 Å². The smallest absolute Gasteiger partial charge is 0.282 e. The van der Waals surface area contributed by atoms with Crippen molar-refractivity contribution in [2.24, 2.45) is 5.73 Å². The van der Waals surface area contributed by atoms with Gasteiger partial charge in [0.2, 0.25) is 5.91 Å². The Balaban J connectivity index is 1.95. The lowest BCUT2D eigenvalue weighted by Gasteiger charge is -2.25. The van der Waals surface area contributed by atoms with Crippen LogP contribution >= 0.6 is 0 Å².